The van der Waals surface area contributed by atoms with E-state index >= 15 is 0 Å². The Morgan fingerprint density at radius 1 is 1.12 bits per heavy atom. The van der Waals surface area contributed by atoms with Crippen LogP contribution < -0.4 is 16.4 Å². The van der Waals surface area contributed by atoms with E-state index in [1.165, 1.54) is 18.2 Å². The zero-order valence-corrected chi connectivity index (χ0v) is 14.0. The molecule has 0 saturated carbocycles. The molecule has 0 aliphatic carbocycles. The SMILES string of the molecule is C=CC(=O)NCc1ccc(C(=O)Nc2ccc(Cl)cc2C(N)=O)cc1. The second kappa shape index (κ2) is 8.12. The highest BCUT2D eigenvalue weighted by Gasteiger charge is 2.13. The van der Waals surface area contributed by atoms with Gasteiger partial charge in [0.2, 0.25) is 5.91 Å². The fraction of sp³-hybridized carbons (Fsp3) is 0.0556. The Morgan fingerprint density at radius 2 is 1.80 bits per heavy atom. The molecule has 0 saturated heterocycles. The summed E-state index contributed by atoms with van der Waals surface area (Å²) in [6, 6.07) is 11.1. The maximum Gasteiger partial charge on any atom is 0.255 e. The number of carbonyl (C=O) groups is 3. The zero-order chi connectivity index (χ0) is 18.4. The van der Waals surface area contributed by atoms with E-state index in [1.807, 2.05) is 0 Å². The zero-order valence-electron chi connectivity index (χ0n) is 13.2. The Kier molecular flexibility index (Phi) is 5.92. The quantitative estimate of drug-likeness (QED) is 0.692. The molecule has 0 aliphatic heterocycles. The third-order valence-electron chi connectivity index (χ3n) is 3.36. The van der Waals surface area contributed by atoms with Crippen LogP contribution in [0.1, 0.15) is 26.3 Å². The van der Waals surface area contributed by atoms with Crippen LogP contribution in [0.2, 0.25) is 5.02 Å². The van der Waals surface area contributed by atoms with Gasteiger partial charge in [0.25, 0.3) is 11.8 Å². The van der Waals surface area contributed by atoms with Crippen molar-refractivity contribution in [1.29, 1.82) is 0 Å². The van der Waals surface area contributed by atoms with Crippen molar-refractivity contribution in [3.05, 3.63) is 76.8 Å². The number of amides is 3. The van der Waals surface area contributed by atoms with Crippen LogP contribution in [0.25, 0.3) is 0 Å². The van der Waals surface area contributed by atoms with E-state index in [0.717, 1.165) is 5.56 Å². The number of hydrogen-bond acceptors (Lipinski definition) is 3. The van der Waals surface area contributed by atoms with Crippen molar-refractivity contribution in [3.63, 3.8) is 0 Å². The molecule has 3 amide bonds. The van der Waals surface area contributed by atoms with Crippen molar-refractivity contribution in [2.45, 2.75) is 6.54 Å². The first kappa shape index (κ1) is 18.2. The van der Waals surface area contributed by atoms with Gasteiger partial charge in [-0.1, -0.05) is 30.3 Å². The van der Waals surface area contributed by atoms with E-state index in [0.29, 0.717) is 17.1 Å². The lowest BCUT2D eigenvalue weighted by Gasteiger charge is -2.10. The van der Waals surface area contributed by atoms with Gasteiger partial charge in [-0.05, 0) is 42.0 Å². The molecule has 2 rings (SSSR count). The standard InChI is InChI=1S/C18H16ClN3O3/c1-2-16(23)21-10-11-3-5-12(6-4-11)18(25)22-15-8-7-13(19)9-14(15)17(20)24/h2-9H,1,10H2,(H2,20,24)(H,21,23)(H,22,25). The molecular formula is C18H16ClN3O3. The lowest BCUT2D eigenvalue weighted by molar-refractivity contribution is -0.116. The Bertz CT molecular complexity index is 832. The van der Waals surface area contributed by atoms with Crippen molar-refractivity contribution < 1.29 is 14.4 Å². The lowest BCUT2D eigenvalue weighted by atomic mass is 10.1. The number of rotatable bonds is 6. The molecule has 0 atom stereocenters. The number of benzene rings is 2. The summed E-state index contributed by atoms with van der Waals surface area (Å²) in [5.41, 5.74) is 6.93. The monoisotopic (exact) mass is 357 g/mol. The van der Waals surface area contributed by atoms with Crippen LogP contribution >= 0.6 is 11.6 Å². The van der Waals surface area contributed by atoms with E-state index in [9.17, 15) is 14.4 Å². The highest BCUT2D eigenvalue weighted by atomic mass is 35.5. The molecule has 0 heterocycles. The summed E-state index contributed by atoms with van der Waals surface area (Å²) in [6.07, 6.45) is 1.18. The van der Waals surface area contributed by atoms with Crippen LogP contribution in [0.4, 0.5) is 5.69 Å². The second-order valence-corrected chi connectivity index (χ2v) is 5.56. The van der Waals surface area contributed by atoms with Gasteiger partial charge in [0.05, 0.1) is 11.3 Å². The van der Waals surface area contributed by atoms with Gasteiger partial charge in [-0.3, -0.25) is 14.4 Å². The topological polar surface area (TPSA) is 101 Å². The summed E-state index contributed by atoms with van der Waals surface area (Å²) in [6.45, 7) is 3.70. The molecule has 0 bridgehead atoms. The van der Waals surface area contributed by atoms with Crippen LogP contribution in [0.5, 0.6) is 0 Å². The molecule has 0 radical (unpaired) electrons. The first-order chi connectivity index (χ1) is 11.9. The molecule has 25 heavy (non-hydrogen) atoms. The predicted octanol–water partition coefficient (Wildman–Crippen LogP) is 2.49. The first-order valence-electron chi connectivity index (χ1n) is 7.30. The molecule has 2 aromatic rings. The van der Waals surface area contributed by atoms with E-state index in [4.69, 9.17) is 17.3 Å². The van der Waals surface area contributed by atoms with Gasteiger partial charge in [0, 0.05) is 17.1 Å². The predicted molar refractivity (Wildman–Crippen MR) is 96.4 cm³/mol. The van der Waals surface area contributed by atoms with Crippen molar-refractivity contribution in [1.82, 2.24) is 5.32 Å². The molecular weight excluding hydrogens is 342 g/mol. The van der Waals surface area contributed by atoms with E-state index in [1.54, 1.807) is 30.3 Å². The van der Waals surface area contributed by atoms with Crippen molar-refractivity contribution in [2.24, 2.45) is 5.73 Å². The molecule has 128 valence electrons. The van der Waals surface area contributed by atoms with E-state index < -0.39 is 11.8 Å². The van der Waals surface area contributed by atoms with Gasteiger partial charge in [-0.2, -0.15) is 0 Å². The average molecular weight is 358 g/mol. The number of anilines is 1. The molecule has 0 fully saturated rings. The molecule has 0 unspecified atom stereocenters. The molecule has 0 aliphatic rings. The van der Waals surface area contributed by atoms with E-state index in [-0.39, 0.29) is 17.2 Å². The van der Waals surface area contributed by atoms with Gasteiger partial charge in [-0.15, -0.1) is 0 Å². The summed E-state index contributed by atoms with van der Waals surface area (Å²) < 4.78 is 0. The van der Waals surface area contributed by atoms with Crippen LogP contribution in [-0.4, -0.2) is 17.7 Å². The minimum Gasteiger partial charge on any atom is -0.366 e. The molecule has 2 aromatic carbocycles. The fourth-order valence-electron chi connectivity index (χ4n) is 2.06. The number of halogens is 1. The highest BCUT2D eigenvalue weighted by Crippen LogP contribution is 2.21. The summed E-state index contributed by atoms with van der Waals surface area (Å²) in [5, 5.41) is 5.62. The highest BCUT2D eigenvalue weighted by molar-refractivity contribution is 6.31. The third kappa shape index (κ3) is 4.92. The number of primary amides is 1. The Labute approximate surface area is 149 Å². The molecule has 6 nitrogen and oxygen atoms in total. The normalized spacial score (nSPS) is 9.96. The maximum atomic E-state index is 12.3. The minimum atomic E-state index is -0.689. The Hall–Kier alpha value is -3.12. The lowest BCUT2D eigenvalue weighted by Crippen LogP contribution is -2.20. The fourth-order valence-corrected chi connectivity index (χ4v) is 2.23. The number of hydrogen-bond donors (Lipinski definition) is 3. The van der Waals surface area contributed by atoms with Crippen LogP contribution in [-0.2, 0) is 11.3 Å². The van der Waals surface area contributed by atoms with Crippen molar-refractivity contribution in [2.75, 3.05) is 5.32 Å². The van der Waals surface area contributed by atoms with Crippen molar-refractivity contribution >= 4 is 35.0 Å². The van der Waals surface area contributed by atoms with Crippen LogP contribution in [0.15, 0.2) is 55.1 Å². The smallest absolute Gasteiger partial charge is 0.255 e. The maximum absolute atomic E-state index is 12.3. The number of carbonyl (C=O) groups excluding carboxylic acids is 3. The molecule has 0 aromatic heterocycles. The third-order valence-corrected chi connectivity index (χ3v) is 3.60. The summed E-state index contributed by atoms with van der Waals surface area (Å²) >= 11 is 5.84. The van der Waals surface area contributed by atoms with Crippen LogP contribution in [0, 0.1) is 0 Å². The second-order valence-electron chi connectivity index (χ2n) is 5.13. The Balaban J connectivity index is 2.10. The number of nitrogens with one attached hydrogen (secondary N) is 2. The largest absolute Gasteiger partial charge is 0.366 e. The van der Waals surface area contributed by atoms with Crippen molar-refractivity contribution in [3.8, 4) is 0 Å². The summed E-state index contributed by atoms with van der Waals surface area (Å²) in [5.74, 6) is -1.36. The average Bonchev–Trinajstić information content (AvgIpc) is 2.61. The molecule has 4 N–H and O–H groups in total. The van der Waals surface area contributed by atoms with Gasteiger partial charge in [0.1, 0.15) is 0 Å². The molecule has 7 heteroatoms. The van der Waals surface area contributed by atoms with E-state index in [2.05, 4.69) is 17.2 Å². The van der Waals surface area contributed by atoms with Gasteiger partial charge in [-0.25, -0.2) is 0 Å². The van der Waals surface area contributed by atoms with Gasteiger partial charge >= 0.3 is 0 Å². The molecule has 0 spiro atoms. The summed E-state index contributed by atoms with van der Waals surface area (Å²) in [7, 11) is 0. The number of nitrogens with two attached hydrogens (primary N) is 1. The Morgan fingerprint density at radius 3 is 2.40 bits per heavy atom. The first-order valence-corrected chi connectivity index (χ1v) is 7.68. The summed E-state index contributed by atoms with van der Waals surface area (Å²) in [4.78, 5) is 34.9. The van der Waals surface area contributed by atoms with Crippen LogP contribution in [0.3, 0.4) is 0 Å². The van der Waals surface area contributed by atoms with Gasteiger partial charge < -0.3 is 16.4 Å². The minimum absolute atomic E-state index is 0.129. The van der Waals surface area contributed by atoms with Gasteiger partial charge in [0.15, 0.2) is 0 Å².